The summed E-state index contributed by atoms with van der Waals surface area (Å²) in [6.07, 6.45) is 2.21. The molecule has 2 rings (SSSR count). The van der Waals surface area contributed by atoms with Crippen molar-refractivity contribution in [3.8, 4) is 11.5 Å². The molecule has 1 aliphatic rings. The molecule has 11 heteroatoms. The standard InChI is InChI=1S/C24H32N4O7.2C2H6/c1-7-9-10-25-21(14(3)4)23(29)26-22(15(5)8-2)27-24(30)35-16(6)17-11-19-20(34-13-33-19)12-18(17)28(31)32;2*1-2/h10-12,16H,7-9,13H2,1-6H3,(H,26,29)(H,27,30);2*1-2H3/p+1. The average molecular weight is 550 g/mol. The van der Waals surface area contributed by atoms with Crippen LogP contribution in [0.1, 0.15) is 100 Å². The molecule has 0 aromatic heterocycles. The predicted octanol–water partition coefficient (Wildman–Crippen LogP) is 5.17. The fraction of sp³-hybridized carbons (Fsp3) is 0.536. The van der Waals surface area contributed by atoms with Crippen LogP contribution in [-0.2, 0) is 9.53 Å². The summed E-state index contributed by atoms with van der Waals surface area (Å²) < 4.78 is 15.9. The van der Waals surface area contributed by atoms with Gasteiger partial charge in [0.15, 0.2) is 11.5 Å². The summed E-state index contributed by atoms with van der Waals surface area (Å²) in [6.45, 7) is 18.7. The third-order valence-electron chi connectivity index (χ3n) is 5.27. The van der Waals surface area contributed by atoms with E-state index in [0.29, 0.717) is 23.4 Å². The van der Waals surface area contributed by atoms with Gasteiger partial charge in [-0.2, -0.15) is 0 Å². The maximum absolute atomic E-state index is 12.9. The van der Waals surface area contributed by atoms with Gasteiger partial charge in [-0.25, -0.2) is 9.79 Å². The second-order valence-electron chi connectivity index (χ2n) is 8.17. The lowest BCUT2D eigenvalue weighted by Gasteiger charge is -2.18. The smallest absolute Gasteiger partial charge is 0.413 e. The number of nitro groups is 1. The van der Waals surface area contributed by atoms with Crippen LogP contribution < -0.4 is 25.1 Å². The zero-order chi connectivity index (χ0) is 30.1. The molecule has 0 saturated heterocycles. The van der Waals surface area contributed by atoms with Crippen molar-refractivity contribution in [1.82, 2.24) is 10.6 Å². The van der Waals surface area contributed by atoms with E-state index in [0.717, 1.165) is 18.4 Å². The van der Waals surface area contributed by atoms with Crippen LogP contribution in [0.15, 0.2) is 34.8 Å². The van der Waals surface area contributed by atoms with Crippen LogP contribution in [0.5, 0.6) is 11.5 Å². The maximum Gasteiger partial charge on any atom is 0.413 e. The third-order valence-corrected chi connectivity index (χ3v) is 5.27. The van der Waals surface area contributed by atoms with Crippen molar-refractivity contribution >= 4 is 23.9 Å². The Bertz CT molecular complexity index is 1070. The van der Waals surface area contributed by atoms with Crippen LogP contribution in [0, 0.1) is 10.1 Å². The van der Waals surface area contributed by atoms with Gasteiger partial charge in [0.25, 0.3) is 11.4 Å². The number of ether oxygens (including phenoxy) is 3. The van der Waals surface area contributed by atoms with Crippen LogP contribution >= 0.6 is 0 Å². The fourth-order valence-electron chi connectivity index (χ4n) is 3.14. The Morgan fingerprint density at radius 2 is 1.69 bits per heavy atom. The van der Waals surface area contributed by atoms with E-state index in [2.05, 4.69) is 15.6 Å². The molecule has 0 saturated carbocycles. The number of allylic oxidation sites excluding steroid dienone is 2. The second-order valence-corrected chi connectivity index (χ2v) is 8.17. The molecular weight excluding hydrogens is 504 g/mol. The summed E-state index contributed by atoms with van der Waals surface area (Å²) in [4.78, 5) is 39.6. The first-order valence-electron chi connectivity index (χ1n) is 13.4. The Morgan fingerprint density at radius 3 is 2.21 bits per heavy atom. The van der Waals surface area contributed by atoms with E-state index in [1.807, 2.05) is 41.5 Å². The molecule has 1 atom stereocenters. The first-order chi connectivity index (χ1) is 18.6. The maximum atomic E-state index is 12.9. The van der Waals surface area contributed by atoms with Gasteiger partial charge in [-0.05, 0) is 52.2 Å². The molecule has 0 radical (unpaired) electrons. The number of benzene rings is 1. The number of hydrogen-bond donors (Lipinski definition) is 3. The SMILES string of the molecule is CC.CC.CCCC=[NH+]C(C(=O)NC(NC(=O)OC(C)c1cc2c(cc1[N+](=O)[O-])OCO2)=C(C)CC)=C(C)C. The minimum Gasteiger partial charge on any atom is -0.454 e. The van der Waals surface area contributed by atoms with Gasteiger partial charge in [-0.1, -0.05) is 41.5 Å². The molecule has 1 aliphatic heterocycles. The molecule has 218 valence electrons. The first-order valence-corrected chi connectivity index (χ1v) is 13.4. The summed E-state index contributed by atoms with van der Waals surface area (Å²) in [7, 11) is 0. The highest BCUT2D eigenvalue weighted by atomic mass is 16.7. The van der Waals surface area contributed by atoms with Gasteiger partial charge in [-0.3, -0.25) is 20.2 Å². The number of carbonyl (C=O) groups is 2. The van der Waals surface area contributed by atoms with Gasteiger partial charge in [-0.15, -0.1) is 0 Å². The molecule has 1 heterocycles. The van der Waals surface area contributed by atoms with E-state index in [1.165, 1.54) is 19.1 Å². The van der Waals surface area contributed by atoms with Crippen LogP contribution in [-0.4, -0.2) is 29.9 Å². The van der Waals surface area contributed by atoms with Crippen LogP contribution in [0.3, 0.4) is 0 Å². The van der Waals surface area contributed by atoms with Crippen molar-refractivity contribution in [2.45, 2.75) is 94.6 Å². The molecule has 11 nitrogen and oxygen atoms in total. The average Bonchev–Trinajstić information content (AvgIpc) is 3.39. The fourth-order valence-corrected chi connectivity index (χ4v) is 3.14. The molecule has 0 fully saturated rings. The number of unbranched alkanes of at least 4 members (excludes halogenated alkanes) is 1. The summed E-state index contributed by atoms with van der Waals surface area (Å²) in [5, 5.41) is 16.8. The minimum atomic E-state index is -0.984. The highest BCUT2D eigenvalue weighted by Gasteiger charge is 2.28. The van der Waals surface area contributed by atoms with Crippen molar-refractivity contribution in [3.05, 3.63) is 50.5 Å². The molecule has 3 N–H and O–H groups in total. The Morgan fingerprint density at radius 1 is 1.10 bits per heavy atom. The van der Waals surface area contributed by atoms with Crippen molar-refractivity contribution in [3.63, 3.8) is 0 Å². The number of carbonyl (C=O) groups excluding carboxylic acids is 2. The molecule has 0 bridgehead atoms. The summed E-state index contributed by atoms with van der Waals surface area (Å²) in [5.41, 5.74) is 1.75. The molecular formula is C28H45N4O7+. The number of nitrogens with one attached hydrogen (secondary N) is 3. The highest BCUT2D eigenvalue weighted by molar-refractivity contribution is 5.93. The van der Waals surface area contributed by atoms with Gasteiger partial charge in [0, 0.05) is 12.0 Å². The van der Waals surface area contributed by atoms with Crippen molar-refractivity contribution in [2.75, 3.05) is 6.79 Å². The summed E-state index contributed by atoms with van der Waals surface area (Å²) in [5.74, 6) is 0.354. The first kappa shape index (κ1) is 35.1. The second kappa shape index (κ2) is 18.4. The van der Waals surface area contributed by atoms with Crippen molar-refractivity contribution in [1.29, 1.82) is 0 Å². The number of fused-ring (bicyclic) bond motifs is 1. The Kier molecular flexibility index (Phi) is 16.5. The lowest BCUT2D eigenvalue weighted by atomic mass is 10.1. The van der Waals surface area contributed by atoms with Crippen LogP contribution in [0.2, 0.25) is 0 Å². The van der Waals surface area contributed by atoms with E-state index in [9.17, 15) is 19.7 Å². The molecule has 0 aliphatic carbocycles. The zero-order valence-electron chi connectivity index (χ0n) is 24.9. The number of nitro benzene ring substituents is 1. The lowest BCUT2D eigenvalue weighted by Crippen LogP contribution is -2.70. The van der Waals surface area contributed by atoms with E-state index in [-0.39, 0.29) is 29.6 Å². The van der Waals surface area contributed by atoms with E-state index in [1.54, 1.807) is 27.0 Å². The Labute approximate surface area is 231 Å². The number of alkyl carbamates (subject to hydrolysis) is 1. The number of rotatable bonds is 10. The van der Waals surface area contributed by atoms with Crippen molar-refractivity contribution in [2.24, 2.45) is 0 Å². The van der Waals surface area contributed by atoms with E-state index < -0.39 is 23.0 Å². The van der Waals surface area contributed by atoms with Gasteiger partial charge >= 0.3 is 12.0 Å². The van der Waals surface area contributed by atoms with Crippen LogP contribution in [0.4, 0.5) is 10.5 Å². The molecule has 2 amide bonds. The molecule has 1 aromatic rings. The van der Waals surface area contributed by atoms with Gasteiger partial charge in [0.1, 0.15) is 18.1 Å². The monoisotopic (exact) mass is 549 g/mol. The number of hydrogen-bond acceptors (Lipinski definition) is 7. The number of amides is 2. The van der Waals surface area contributed by atoms with Gasteiger partial charge < -0.3 is 19.5 Å². The number of nitrogens with zero attached hydrogens (tertiary/aromatic N) is 1. The third kappa shape index (κ3) is 10.8. The van der Waals surface area contributed by atoms with Gasteiger partial charge in [0.05, 0.1) is 16.6 Å². The summed E-state index contributed by atoms with van der Waals surface area (Å²) in [6, 6.07) is 2.67. The van der Waals surface area contributed by atoms with E-state index >= 15 is 0 Å². The van der Waals surface area contributed by atoms with Gasteiger partial charge in [0.2, 0.25) is 6.79 Å². The quantitative estimate of drug-likeness (QED) is 0.158. The van der Waals surface area contributed by atoms with Crippen molar-refractivity contribution < 1.29 is 33.7 Å². The Hall–Kier alpha value is -3.89. The molecule has 1 aromatic carbocycles. The lowest BCUT2D eigenvalue weighted by molar-refractivity contribution is -0.388. The predicted molar refractivity (Wildman–Crippen MR) is 151 cm³/mol. The Balaban J connectivity index is 0.00000344. The molecule has 0 spiro atoms. The van der Waals surface area contributed by atoms with Crippen LogP contribution in [0.25, 0.3) is 0 Å². The zero-order valence-corrected chi connectivity index (χ0v) is 24.9. The normalized spacial score (nSPS) is 12.6. The molecule has 1 unspecified atom stereocenters. The largest absolute Gasteiger partial charge is 0.454 e. The minimum absolute atomic E-state index is 0.0471. The highest BCUT2D eigenvalue weighted by Crippen LogP contribution is 2.40. The topological polar surface area (TPSA) is 143 Å². The summed E-state index contributed by atoms with van der Waals surface area (Å²) >= 11 is 0. The van der Waals surface area contributed by atoms with E-state index in [4.69, 9.17) is 14.2 Å². The molecule has 39 heavy (non-hydrogen) atoms.